The van der Waals surface area contributed by atoms with Crippen LogP contribution in [0.1, 0.15) is 31.9 Å². The second-order valence-corrected chi connectivity index (χ2v) is 6.75. The number of aliphatic hydroxyl groups is 1. The average Bonchev–Trinajstić information content (AvgIpc) is 2.65. The van der Waals surface area contributed by atoms with Gasteiger partial charge in [-0.3, -0.25) is 0 Å². The molecule has 1 aromatic rings. The molecule has 2 nitrogen and oxygen atoms in total. The highest BCUT2D eigenvalue weighted by molar-refractivity contribution is 8.01. The standard InChI is InChI=1S/C11H17NOS2/c1-7(6-13)12-10-5-8(2)15-11-9(10)3-4-14-11/h3-4,7-8,10,12-13H,5-6H2,1-2H3/t7?,8-,10?/m0/s1. The summed E-state index contributed by atoms with van der Waals surface area (Å²) >= 11 is 3.80. The number of hydrogen-bond donors (Lipinski definition) is 2. The molecule has 0 aromatic carbocycles. The Labute approximate surface area is 99.1 Å². The minimum atomic E-state index is 0.179. The summed E-state index contributed by atoms with van der Waals surface area (Å²) in [5.41, 5.74) is 1.42. The van der Waals surface area contributed by atoms with E-state index in [1.807, 2.05) is 30.0 Å². The third kappa shape index (κ3) is 2.56. The summed E-state index contributed by atoms with van der Waals surface area (Å²) in [4.78, 5) is 0. The maximum atomic E-state index is 9.06. The van der Waals surface area contributed by atoms with Crippen LogP contribution in [0.3, 0.4) is 0 Å². The third-order valence-corrected chi connectivity index (χ3v) is 5.01. The third-order valence-electron chi connectivity index (χ3n) is 2.67. The van der Waals surface area contributed by atoms with Crippen molar-refractivity contribution in [3.63, 3.8) is 0 Å². The van der Waals surface area contributed by atoms with E-state index in [0.717, 1.165) is 6.42 Å². The van der Waals surface area contributed by atoms with E-state index in [9.17, 15) is 0 Å². The molecule has 0 saturated heterocycles. The molecule has 0 amide bonds. The van der Waals surface area contributed by atoms with Crippen LogP contribution in [0.2, 0.25) is 0 Å². The fraction of sp³-hybridized carbons (Fsp3) is 0.636. The molecule has 2 unspecified atom stereocenters. The summed E-state index contributed by atoms with van der Waals surface area (Å²) in [6, 6.07) is 2.81. The molecule has 84 valence electrons. The summed E-state index contributed by atoms with van der Waals surface area (Å²) in [6.45, 7) is 4.50. The summed E-state index contributed by atoms with van der Waals surface area (Å²) in [6.07, 6.45) is 1.15. The van der Waals surface area contributed by atoms with E-state index in [0.29, 0.717) is 11.3 Å². The van der Waals surface area contributed by atoms with Crippen LogP contribution in [0.4, 0.5) is 0 Å². The Morgan fingerprint density at radius 1 is 1.67 bits per heavy atom. The first kappa shape index (κ1) is 11.5. The molecule has 1 aliphatic heterocycles. The predicted octanol–water partition coefficient (Wildman–Crippen LogP) is 2.64. The zero-order chi connectivity index (χ0) is 10.8. The van der Waals surface area contributed by atoms with Gasteiger partial charge in [0.1, 0.15) is 0 Å². The van der Waals surface area contributed by atoms with E-state index >= 15 is 0 Å². The highest BCUT2D eigenvalue weighted by Gasteiger charge is 2.26. The Morgan fingerprint density at radius 2 is 2.47 bits per heavy atom. The molecule has 0 bridgehead atoms. The van der Waals surface area contributed by atoms with E-state index in [2.05, 4.69) is 23.7 Å². The second-order valence-electron chi connectivity index (χ2n) is 4.13. The van der Waals surface area contributed by atoms with Gasteiger partial charge in [-0.2, -0.15) is 0 Å². The minimum Gasteiger partial charge on any atom is -0.395 e. The predicted molar refractivity (Wildman–Crippen MR) is 66.7 cm³/mol. The molecule has 1 aromatic heterocycles. The molecule has 0 radical (unpaired) electrons. The first-order valence-corrected chi connectivity index (χ1v) is 7.07. The highest BCUT2D eigenvalue weighted by Crippen LogP contribution is 2.43. The molecule has 1 aliphatic rings. The Bertz CT molecular complexity index is 326. The molecule has 2 heterocycles. The Kier molecular flexibility index (Phi) is 3.72. The van der Waals surface area contributed by atoms with E-state index in [4.69, 9.17) is 5.11 Å². The molecule has 0 aliphatic carbocycles. The molecule has 2 N–H and O–H groups in total. The van der Waals surface area contributed by atoms with Gasteiger partial charge >= 0.3 is 0 Å². The number of nitrogens with one attached hydrogen (secondary N) is 1. The molecule has 0 spiro atoms. The lowest BCUT2D eigenvalue weighted by Gasteiger charge is -2.29. The van der Waals surface area contributed by atoms with Gasteiger partial charge in [0.15, 0.2) is 0 Å². The summed E-state index contributed by atoms with van der Waals surface area (Å²) in [7, 11) is 0. The molecular weight excluding hydrogens is 226 g/mol. The second kappa shape index (κ2) is 4.87. The number of thioether (sulfide) groups is 1. The van der Waals surface area contributed by atoms with Crippen LogP contribution in [0.5, 0.6) is 0 Å². The van der Waals surface area contributed by atoms with Crippen molar-refractivity contribution >= 4 is 23.1 Å². The summed E-state index contributed by atoms with van der Waals surface area (Å²) in [5.74, 6) is 0. The molecule has 0 saturated carbocycles. The number of hydrogen-bond acceptors (Lipinski definition) is 4. The van der Waals surface area contributed by atoms with Gasteiger partial charge in [-0.25, -0.2) is 0 Å². The van der Waals surface area contributed by atoms with Gasteiger partial charge in [-0.05, 0) is 30.4 Å². The van der Waals surface area contributed by atoms with E-state index in [1.54, 1.807) is 0 Å². The summed E-state index contributed by atoms with van der Waals surface area (Å²) < 4.78 is 1.44. The maximum Gasteiger partial charge on any atom is 0.0649 e. The van der Waals surface area contributed by atoms with Crippen molar-refractivity contribution in [2.45, 2.75) is 41.8 Å². The molecule has 2 rings (SSSR count). The van der Waals surface area contributed by atoms with E-state index < -0.39 is 0 Å². The van der Waals surface area contributed by atoms with Crippen LogP contribution in [0.25, 0.3) is 0 Å². The van der Waals surface area contributed by atoms with Gasteiger partial charge in [-0.1, -0.05) is 6.92 Å². The van der Waals surface area contributed by atoms with Gasteiger partial charge in [-0.15, -0.1) is 23.1 Å². The van der Waals surface area contributed by atoms with Crippen LogP contribution in [-0.4, -0.2) is 23.0 Å². The fourth-order valence-corrected chi connectivity index (χ4v) is 4.47. The van der Waals surface area contributed by atoms with Crippen LogP contribution < -0.4 is 5.32 Å². The number of rotatable bonds is 3. The van der Waals surface area contributed by atoms with Crippen molar-refractivity contribution < 1.29 is 5.11 Å². The molecule has 15 heavy (non-hydrogen) atoms. The van der Waals surface area contributed by atoms with Crippen LogP contribution in [-0.2, 0) is 0 Å². The van der Waals surface area contributed by atoms with Crippen LogP contribution >= 0.6 is 23.1 Å². The van der Waals surface area contributed by atoms with Crippen molar-refractivity contribution in [2.75, 3.05) is 6.61 Å². The van der Waals surface area contributed by atoms with Gasteiger partial charge in [0, 0.05) is 17.3 Å². The molecular formula is C11H17NOS2. The van der Waals surface area contributed by atoms with Gasteiger partial charge in [0.25, 0.3) is 0 Å². The number of fused-ring (bicyclic) bond motifs is 1. The van der Waals surface area contributed by atoms with E-state index in [1.165, 1.54) is 9.77 Å². The Morgan fingerprint density at radius 3 is 3.20 bits per heavy atom. The van der Waals surface area contributed by atoms with Crippen LogP contribution in [0, 0.1) is 0 Å². The van der Waals surface area contributed by atoms with Gasteiger partial charge < -0.3 is 10.4 Å². The number of thiophene rings is 1. The smallest absolute Gasteiger partial charge is 0.0649 e. The average molecular weight is 243 g/mol. The number of aliphatic hydroxyl groups excluding tert-OH is 1. The largest absolute Gasteiger partial charge is 0.395 e. The Hall–Kier alpha value is -0.0300. The van der Waals surface area contributed by atoms with Gasteiger partial charge in [0.2, 0.25) is 0 Å². The fourth-order valence-electron chi connectivity index (χ4n) is 1.90. The Balaban J connectivity index is 2.13. The van der Waals surface area contributed by atoms with Gasteiger partial charge in [0.05, 0.1) is 10.8 Å². The lowest BCUT2D eigenvalue weighted by atomic mass is 10.0. The van der Waals surface area contributed by atoms with Crippen molar-refractivity contribution in [1.29, 1.82) is 0 Å². The molecule has 3 atom stereocenters. The zero-order valence-electron chi connectivity index (χ0n) is 9.06. The lowest BCUT2D eigenvalue weighted by molar-refractivity contribution is 0.238. The summed E-state index contributed by atoms with van der Waals surface area (Å²) in [5, 5.41) is 15.4. The topological polar surface area (TPSA) is 32.3 Å². The van der Waals surface area contributed by atoms with Crippen molar-refractivity contribution in [1.82, 2.24) is 5.32 Å². The first-order valence-electron chi connectivity index (χ1n) is 5.31. The van der Waals surface area contributed by atoms with E-state index in [-0.39, 0.29) is 12.6 Å². The molecule has 4 heteroatoms. The minimum absolute atomic E-state index is 0.179. The first-order chi connectivity index (χ1) is 7.20. The SMILES string of the molecule is CC(CO)NC1C[C@H](C)Sc2sccc21. The monoisotopic (exact) mass is 243 g/mol. The normalized spacial score (nSPS) is 27.4. The van der Waals surface area contributed by atoms with Crippen molar-refractivity contribution in [2.24, 2.45) is 0 Å². The highest BCUT2D eigenvalue weighted by atomic mass is 32.2. The van der Waals surface area contributed by atoms with Crippen molar-refractivity contribution in [3.05, 3.63) is 17.0 Å². The maximum absolute atomic E-state index is 9.06. The van der Waals surface area contributed by atoms with Crippen molar-refractivity contribution in [3.8, 4) is 0 Å². The lowest BCUT2D eigenvalue weighted by Crippen LogP contribution is -2.35. The zero-order valence-corrected chi connectivity index (χ0v) is 10.7. The molecule has 0 fully saturated rings. The van der Waals surface area contributed by atoms with Crippen LogP contribution in [0.15, 0.2) is 15.7 Å². The quantitative estimate of drug-likeness (QED) is 0.856.